The predicted octanol–water partition coefficient (Wildman–Crippen LogP) is 2.04. The SMILES string of the molecule is CCOc1ccc2c(c1)C(=O)N(CC1CCNCC1)C2. The van der Waals surface area contributed by atoms with Gasteiger partial charge in [-0.1, -0.05) is 6.07 Å². The largest absolute Gasteiger partial charge is 0.494 e. The van der Waals surface area contributed by atoms with Gasteiger partial charge in [-0.3, -0.25) is 4.79 Å². The number of rotatable bonds is 4. The predicted molar refractivity (Wildman–Crippen MR) is 77.9 cm³/mol. The first-order valence-corrected chi connectivity index (χ1v) is 7.53. The van der Waals surface area contributed by atoms with Gasteiger partial charge in [0, 0.05) is 18.7 Å². The van der Waals surface area contributed by atoms with Gasteiger partial charge in [0.15, 0.2) is 0 Å². The monoisotopic (exact) mass is 274 g/mol. The van der Waals surface area contributed by atoms with E-state index in [1.165, 1.54) is 12.8 Å². The van der Waals surface area contributed by atoms with E-state index in [0.29, 0.717) is 12.5 Å². The lowest BCUT2D eigenvalue weighted by Gasteiger charge is -2.27. The van der Waals surface area contributed by atoms with Crippen molar-refractivity contribution in [3.8, 4) is 5.75 Å². The standard InChI is InChI=1S/C16H22N2O2/c1-2-20-14-4-3-13-11-18(16(19)15(13)9-14)10-12-5-7-17-8-6-12/h3-4,9,12,17H,2,5-8,10-11H2,1H3. The third-order valence-corrected chi connectivity index (χ3v) is 4.21. The molecule has 1 N–H and O–H groups in total. The summed E-state index contributed by atoms with van der Waals surface area (Å²) in [4.78, 5) is 14.5. The fourth-order valence-corrected chi connectivity index (χ4v) is 3.12. The van der Waals surface area contributed by atoms with Crippen molar-refractivity contribution in [1.82, 2.24) is 10.2 Å². The molecule has 1 aromatic rings. The molecule has 0 spiro atoms. The van der Waals surface area contributed by atoms with Crippen LogP contribution in [0, 0.1) is 5.92 Å². The molecule has 2 aliphatic rings. The minimum atomic E-state index is 0.167. The molecule has 108 valence electrons. The molecular formula is C16H22N2O2. The molecule has 1 fully saturated rings. The van der Waals surface area contributed by atoms with Gasteiger partial charge in [-0.25, -0.2) is 0 Å². The van der Waals surface area contributed by atoms with Crippen LogP contribution in [-0.4, -0.2) is 37.0 Å². The molecule has 0 atom stereocenters. The van der Waals surface area contributed by atoms with Crippen molar-refractivity contribution < 1.29 is 9.53 Å². The Kier molecular flexibility index (Phi) is 3.92. The zero-order chi connectivity index (χ0) is 13.9. The fourth-order valence-electron chi connectivity index (χ4n) is 3.12. The first-order valence-electron chi connectivity index (χ1n) is 7.53. The van der Waals surface area contributed by atoms with Crippen LogP contribution >= 0.6 is 0 Å². The Balaban J connectivity index is 1.69. The molecule has 0 bridgehead atoms. The fraction of sp³-hybridized carbons (Fsp3) is 0.562. The quantitative estimate of drug-likeness (QED) is 0.913. The molecule has 20 heavy (non-hydrogen) atoms. The van der Waals surface area contributed by atoms with Crippen LogP contribution in [0.5, 0.6) is 5.75 Å². The van der Waals surface area contributed by atoms with E-state index in [9.17, 15) is 4.79 Å². The third kappa shape index (κ3) is 2.66. The van der Waals surface area contributed by atoms with E-state index in [-0.39, 0.29) is 5.91 Å². The van der Waals surface area contributed by atoms with Crippen molar-refractivity contribution in [3.63, 3.8) is 0 Å². The summed E-state index contributed by atoms with van der Waals surface area (Å²) in [7, 11) is 0. The summed E-state index contributed by atoms with van der Waals surface area (Å²) >= 11 is 0. The lowest BCUT2D eigenvalue weighted by Crippen LogP contribution is -2.36. The Bertz CT molecular complexity index is 495. The molecule has 2 heterocycles. The third-order valence-electron chi connectivity index (χ3n) is 4.21. The molecule has 0 aromatic heterocycles. The highest BCUT2D eigenvalue weighted by Gasteiger charge is 2.29. The maximum atomic E-state index is 12.5. The van der Waals surface area contributed by atoms with Gasteiger partial charge in [-0.05, 0) is 56.5 Å². The van der Waals surface area contributed by atoms with Crippen molar-refractivity contribution in [2.75, 3.05) is 26.2 Å². The number of piperidine rings is 1. The average Bonchev–Trinajstić information content (AvgIpc) is 2.77. The van der Waals surface area contributed by atoms with Crippen LogP contribution in [-0.2, 0) is 6.54 Å². The average molecular weight is 274 g/mol. The molecule has 3 rings (SSSR count). The summed E-state index contributed by atoms with van der Waals surface area (Å²) in [5.74, 6) is 1.60. The van der Waals surface area contributed by atoms with Crippen LogP contribution in [0.1, 0.15) is 35.7 Å². The Morgan fingerprint density at radius 3 is 2.90 bits per heavy atom. The first-order chi connectivity index (χ1) is 9.78. The Morgan fingerprint density at radius 1 is 1.35 bits per heavy atom. The lowest BCUT2D eigenvalue weighted by atomic mass is 9.98. The highest BCUT2D eigenvalue weighted by molar-refractivity contribution is 5.98. The van der Waals surface area contributed by atoms with E-state index < -0.39 is 0 Å². The topological polar surface area (TPSA) is 41.6 Å². The normalized spacial score (nSPS) is 19.2. The van der Waals surface area contributed by atoms with Gasteiger partial charge in [0.25, 0.3) is 5.91 Å². The second kappa shape index (κ2) is 5.83. The van der Waals surface area contributed by atoms with Gasteiger partial charge in [0.1, 0.15) is 5.75 Å². The zero-order valence-electron chi connectivity index (χ0n) is 12.0. The summed E-state index contributed by atoms with van der Waals surface area (Å²) < 4.78 is 5.49. The van der Waals surface area contributed by atoms with Crippen molar-refractivity contribution in [3.05, 3.63) is 29.3 Å². The molecular weight excluding hydrogens is 252 g/mol. The zero-order valence-corrected chi connectivity index (χ0v) is 12.0. The van der Waals surface area contributed by atoms with Gasteiger partial charge < -0.3 is 15.0 Å². The molecule has 2 aliphatic heterocycles. The van der Waals surface area contributed by atoms with E-state index >= 15 is 0 Å². The van der Waals surface area contributed by atoms with Crippen LogP contribution in [0.3, 0.4) is 0 Å². The highest BCUT2D eigenvalue weighted by Crippen LogP contribution is 2.28. The number of amides is 1. The summed E-state index contributed by atoms with van der Waals surface area (Å²) in [6.07, 6.45) is 2.34. The number of nitrogens with one attached hydrogen (secondary N) is 1. The number of benzene rings is 1. The van der Waals surface area contributed by atoms with Gasteiger partial charge in [0.05, 0.1) is 6.61 Å². The molecule has 4 heteroatoms. The molecule has 0 radical (unpaired) electrons. The van der Waals surface area contributed by atoms with E-state index in [1.54, 1.807) is 0 Å². The van der Waals surface area contributed by atoms with E-state index in [1.807, 2.05) is 30.0 Å². The second-order valence-corrected chi connectivity index (χ2v) is 5.63. The maximum absolute atomic E-state index is 12.5. The maximum Gasteiger partial charge on any atom is 0.254 e. The van der Waals surface area contributed by atoms with E-state index in [0.717, 1.165) is 43.1 Å². The van der Waals surface area contributed by atoms with Crippen LogP contribution in [0.15, 0.2) is 18.2 Å². The van der Waals surface area contributed by atoms with Crippen LogP contribution in [0.25, 0.3) is 0 Å². The molecule has 0 saturated carbocycles. The summed E-state index contributed by atoms with van der Waals surface area (Å²) in [6, 6.07) is 5.88. The minimum Gasteiger partial charge on any atom is -0.494 e. The molecule has 1 amide bonds. The van der Waals surface area contributed by atoms with Crippen molar-refractivity contribution >= 4 is 5.91 Å². The number of carbonyl (C=O) groups excluding carboxylic acids is 1. The number of carbonyl (C=O) groups is 1. The number of fused-ring (bicyclic) bond motifs is 1. The minimum absolute atomic E-state index is 0.167. The summed E-state index contributed by atoms with van der Waals surface area (Å²) in [5.41, 5.74) is 1.96. The highest BCUT2D eigenvalue weighted by atomic mass is 16.5. The summed E-state index contributed by atoms with van der Waals surface area (Å²) in [6.45, 7) is 6.39. The Labute approximate surface area is 120 Å². The first kappa shape index (κ1) is 13.4. The second-order valence-electron chi connectivity index (χ2n) is 5.63. The van der Waals surface area contributed by atoms with Gasteiger partial charge in [-0.2, -0.15) is 0 Å². The van der Waals surface area contributed by atoms with Crippen molar-refractivity contribution in [2.24, 2.45) is 5.92 Å². The molecule has 0 aliphatic carbocycles. The van der Waals surface area contributed by atoms with E-state index in [2.05, 4.69) is 5.32 Å². The molecule has 0 unspecified atom stereocenters. The number of hydrogen-bond donors (Lipinski definition) is 1. The Morgan fingerprint density at radius 2 is 2.15 bits per heavy atom. The number of ether oxygens (including phenoxy) is 1. The smallest absolute Gasteiger partial charge is 0.254 e. The molecule has 4 nitrogen and oxygen atoms in total. The van der Waals surface area contributed by atoms with Gasteiger partial charge >= 0.3 is 0 Å². The molecule has 1 aromatic carbocycles. The van der Waals surface area contributed by atoms with E-state index in [4.69, 9.17) is 4.74 Å². The Hall–Kier alpha value is -1.55. The summed E-state index contributed by atoms with van der Waals surface area (Å²) in [5, 5.41) is 3.37. The van der Waals surface area contributed by atoms with Crippen molar-refractivity contribution in [1.29, 1.82) is 0 Å². The lowest BCUT2D eigenvalue weighted by molar-refractivity contribution is 0.0740. The van der Waals surface area contributed by atoms with Gasteiger partial charge in [-0.15, -0.1) is 0 Å². The van der Waals surface area contributed by atoms with Crippen molar-refractivity contribution in [2.45, 2.75) is 26.3 Å². The number of nitrogens with zero attached hydrogens (tertiary/aromatic N) is 1. The van der Waals surface area contributed by atoms with Gasteiger partial charge in [0.2, 0.25) is 0 Å². The van der Waals surface area contributed by atoms with Crippen LogP contribution in [0.2, 0.25) is 0 Å². The van der Waals surface area contributed by atoms with Crippen LogP contribution in [0.4, 0.5) is 0 Å². The number of hydrogen-bond acceptors (Lipinski definition) is 3. The molecule has 1 saturated heterocycles. The van der Waals surface area contributed by atoms with Crippen LogP contribution < -0.4 is 10.1 Å².